The number of rotatable bonds is 4. The summed E-state index contributed by atoms with van der Waals surface area (Å²) in [6.45, 7) is 0. The van der Waals surface area contributed by atoms with E-state index in [1.165, 1.54) is 83.0 Å². The van der Waals surface area contributed by atoms with Crippen LogP contribution in [0.5, 0.6) is 0 Å². The molecule has 0 radical (unpaired) electrons. The third-order valence-electron chi connectivity index (χ3n) is 12.5. The van der Waals surface area contributed by atoms with Crippen LogP contribution in [0.4, 0.5) is 17.1 Å². The zero-order valence-corrected chi connectivity index (χ0v) is 31.7. The van der Waals surface area contributed by atoms with Crippen molar-refractivity contribution in [2.24, 2.45) is 0 Å². The average molecular weight is 737 g/mol. The molecule has 0 saturated carbocycles. The lowest BCUT2D eigenvalue weighted by Gasteiger charge is -2.45. The zero-order valence-electron chi connectivity index (χ0n) is 31.7. The SMILES string of the molecule is c1ccc(-c2c3ccccc3c(-c3ccc(-c4ccc5c(c4)-c4ccccc4C54c5ccccc5N(c5ccccc5)c5ccccc54)cn3)c3ccccc23)cc1. The lowest BCUT2D eigenvalue weighted by atomic mass is 9.64. The fourth-order valence-corrected chi connectivity index (χ4v) is 10.2. The normalized spacial score (nSPS) is 13.3. The van der Waals surface area contributed by atoms with E-state index in [2.05, 4.69) is 223 Å². The molecule has 0 unspecified atom stereocenters. The maximum atomic E-state index is 5.24. The van der Waals surface area contributed by atoms with Crippen molar-refractivity contribution in [2.45, 2.75) is 5.41 Å². The summed E-state index contributed by atoms with van der Waals surface area (Å²) in [5.41, 5.74) is 17.7. The second kappa shape index (κ2) is 12.7. The van der Waals surface area contributed by atoms with Crippen molar-refractivity contribution >= 4 is 38.6 Å². The summed E-state index contributed by atoms with van der Waals surface area (Å²) in [6.07, 6.45) is 2.06. The molecule has 1 aliphatic heterocycles. The minimum absolute atomic E-state index is 0.473. The van der Waals surface area contributed by atoms with Crippen LogP contribution in [0.15, 0.2) is 219 Å². The minimum Gasteiger partial charge on any atom is -0.310 e. The Morgan fingerprint density at radius 1 is 0.345 bits per heavy atom. The third kappa shape index (κ3) is 4.57. The topological polar surface area (TPSA) is 16.1 Å². The average Bonchev–Trinajstić information content (AvgIpc) is 3.59. The van der Waals surface area contributed by atoms with Gasteiger partial charge in [-0.25, -0.2) is 0 Å². The first-order chi connectivity index (χ1) is 28.8. The highest BCUT2D eigenvalue weighted by Crippen LogP contribution is 2.63. The molecule has 0 bridgehead atoms. The molecule has 2 aliphatic rings. The summed E-state index contributed by atoms with van der Waals surface area (Å²) >= 11 is 0. The van der Waals surface area contributed by atoms with Crippen molar-refractivity contribution in [3.8, 4) is 44.6 Å². The van der Waals surface area contributed by atoms with Gasteiger partial charge in [0.2, 0.25) is 0 Å². The van der Waals surface area contributed by atoms with Gasteiger partial charge in [0.25, 0.3) is 0 Å². The Balaban J connectivity index is 1.02. The highest BCUT2D eigenvalue weighted by molar-refractivity contribution is 6.21. The van der Waals surface area contributed by atoms with Gasteiger partial charge in [-0.15, -0.1) is 0 Å². The molecule has 0 N–H and O–H groups in total. The summed E-state index contributed by atoms with van der Waals surface area (Å²) < 4.78 is 0. The molecule has 1 spiro atoms. The van der Waals surface area contributed by atoms with Crippen LogP contribution < -0.4 is 4.90 Å². The van der Waals surface area contributed by atoms with Gasteiger partial charge in [0, 0.05) is 23.0 Å². The molecule has 10 aromatic rings. The second-order valence-corrected chi connectivity index (χ2v) is 15.4. The summed E-state index contributed by atoms with van der Waals surface area (Å²) in [4.78, 5) is 7.67. The first-order valence-corrected chi connectivity index (χ1v) is 20.0. The maximum absolute atomic E-state index is 5.24. The molecular formula is C56H36N2. The minimum atomic E-state index is -0.473. The first-order valence-electron chi connectivity index (χ1n) is 20.0. The summed E-state index contributed by atoms with van der Waals surface area (Å²) in [7, 11) is 0. The number of aromatic nitrogens is 1. The standard InChI is InChI=1S/C56H36N2/c1-3-17-37(18-4-1)54-42-22-7-9-24-44(42)55(45-25-10-8-23-43(45)54)51-34-32-39(36-57-51)38-31-33-48-46(35-38)41-21-11-12-26-47(41)56(48)49-27-13-15-29-52(49)58(40-19-5-2-6-20-40)53-30-16-14-28-50(53)56/h1-36H. The molecule has 1 aliphatic carbocycles. The number of anilines is 3. The number of para-hydroxylation sites is 3. The van der Waals surface area contributed by atoms with Crippen molar-refractivity contribution in [3.63, 3.8) is 0 Å². The van der Waals surface area contributed by atoms with Gasteiger partial charge >= 0.3 is 0 Å². The van der Waals surface area contributed by atoms with Crippen LogP contribution in [0.1, 0.15) is 22.3 Å². The number of fused-ring (bicyclic) bond motifs is 11. The number of nitrogens with zero attached hydrogens (tertiary/aromatic N) is 2. The highest BCUT2D eigenvalue weighted by Gasteiger charge is 2.51. The van der Waals surface area contributed by atoms with Crippen LogP contribution in [-0.2, 0) is 5.41 Å². The van der Waals surface area contributed by atoms with Gasteiger partial charge in [-0.1, -0.05) is 176 Å². The molecule has 2 nitrogen and oxygen atoms in total. The Kier molecular flexibility index (Phi) is 7.18. The third-order valence-corrected chi connectivity index (χ3v) is 12.5. The quantitative estimate of drug-likeness (QED) is 0.167. The van der Waals surface area contributed by atoms with E-state index in [-0.39, 0.29) is 0 Å². The summed E-state index contributed by atoms with van der Waals surface area (Å²) in [6, 6.07) is 77.6. The Hall–Kier alpha value is -7.55. The summed E-state index contributed by atoms with van der Waals surface area (Å²) in [5.74, 6) is 0. The maximum Gasteiger partial charge on any atom is 0.0754 e. The Morgan fingerprint density at radius 3 is 1.47 bits per heavy atom. The number of pyridine rings is 1. The van der Waals surface area contributed by atoms with Gasteiger partial charge in [0.15, 0.2) is 0 Å². The van der Waals surface area contributed by atoms with Gasteiger partial charge in [-0.2, -0.15) is 0 Å². The van der Waals surface area contributed by atoms with Crippen LogP contribution in [0, 0.1) is 0 Å². The second-order valence-electron chi connectivity index (χ2n) is 15.4. The molecule has 1 aromatic heterocycles. The van der Waals surface area contributed by atoms with E-state index in [4.69, 9.17) is 4.98 Å². The number of hydrogen-bond acceptors (Lipinski definition) is 2. The van der Waals surface area contributed by atoms with Crippen molar-refractivity contribution in [1.82, 2.24) is 4.98 Å². The fourth-order valence-electron chi connectivity index (χ4n) is 10.2. The molecule has 0 atom stereocenters. The predicted molar refractivity (Wildman–Crippen MR) is 241 cm³/mol. The zero-order chi connectivity index (χ0) is 38.2. The molecule has 0 saturated heterocycles. The van der Waals surface area contributed by atoms with E-state index in [9.17, 15) is 0 Å². The molecule has 58 heavy (non-hydrogen) atoms. The van der Waals surface area contributed by atoms with Crippen LogP contribution in [0.2, 0.25) is 0 Å². The van der Waals surface area contributed by atoms with Gasteiger partial charge in [-0.05, 0) is 108 Å². The predicted octanol–water partition coefficient (Wildman–Crippen LogP) is 14.5. The lowest BCUT2D eigenvalue weighted by molar-refractivity contribution is 0.753. The van der Waals surface area contributed by atoms with Crippen LogP contribution >= 0.6 is 0 Å². The van der Waals surface area contributed by atoms with Crippen LogP contribution in [0.3, 0.4) is 0 Å². The van der Waals surface area contributed by atoms with Gasteiger partial charge in [0.1, 0.15) is 0 Å². The molecule has 0 fully saturated rings. The first kappa shape index (κ1) is 32.7. The Morgan fingerprint density at radius 2 is 0.845 bits per heavy atom. The van der Waals surface area contributed by atoms with Crippen molar-refractivity contribution in [2.75, 3.05) is 4.90 Å². The summed E-state index contributed by atoms with van der Waals surface area (Å²) in [5, 5.41) is 4.88. The fraction of sp³-hybridized carbons (Fsp3) is 0.0179. The van der Waals surface area contributed by atoms with Gasteiger partial charge in [0.05, 0.1) is 22.5 Å². The van der Waals surface area contributed by atoms with Gasteiger partial charge < -0.3 is 4.90 Å². The van der Waals surface area contributed by atoms with E-state index in [1.54, 1.807) is 0 Å². The van der Waals surface area contributed by atoms with Crippen LogP contribution in [0.25, 0.3) is 66.2 Å². The Labute approximate surface area is 338 Å². The Bertz CT molecular complexity index is 3120. The van der Waals surface area contributed by atoms with E-state index < -0.39 is 5.41 Å². The molecule has 2 heterocycles. The van der Waals surface area contributed by atoms with E-state index in [1.807, 2.05) is 0 Å². The highest BCUT2D eigenvalue weighted by atomic mass is 15.2. The van der Waals surface area contributed by atoms with E-state index >= 15 is 0 Å². The van der Waals surface area contributed by atoms with E-state index in [0.717, 1.165) is 22.5 Å². The monoisotopic (exact) mass is 736 g/mol. The van der Waals surface area contributed by atoms with Crippen LogP contribution in [-0.4, -0.2) is 4.98 Å². The number of benzene rings is 9. The molecule has 2 heteroatoms. The molecular weight excluding hydrogens is 701 g/mol. The van der Waals surface area contributed by atoms with Gasteiger partial charge in [-0.3, -0.25) is 4.98 Å². The molecule has 270 valence electrons. The molecule has 0 amide bonds. The lowest BCUT2D eigenvalue weighted by Crippen LogP contribution is -2.36. The molecule has 12 rings (SSSR count). The van der Waals surface area contributed by atoms with Crippen molar-refractivity contribution in [1.29, 1.82) is 0 Å². The van der Waals surface area contributed by atoms with Crippen molar-refractivity contribution < 1.29 is 0 Å². The number of hydrogen-bond donors (Lipinski definition) is 0. The van der Waals surface area contributed by atoms with E-state index in [0.29, 0.717) is 0 Å². The molecule has 9 aromatic carbocycles. The smallest absolute Gasteiger partial charge is 0.0754 e. The largest absolute Gasteiger partial charge is 0.310 e. The van der Waals surface area contributed by atoms with Crippen molar-refractivity contribution in [3.05, 3.63) is 241 Å².